The van der Waals surface area contributed by atoms with E-state index >= 15 is 0 Å². The molecule has 0 spiro atoms. The van der Waals surface area contributed by atoms with Crippen molar-refractivity contribution in [1.82, 2.24) is 4.98 Å². The Morgan fingerprint density at radius 1 is 1.40 bits per heavy atom. The van der Waals surface area contributed by atoms with Gasteiger partial charge in [-0.1, -0.05) is 24.3 Å². The lowest BCUT2D eigenvalue weighted by Crippen LogP contribution is -2.24. The molecule has 1 aromatic heterocycles. The molecule has 106 valence electrons. The molecule has 3 nitrogen and oxygen atoms in total. The predicted octanol–water partition coefficient (Wildman–Crippen LogP) is 4.01. The van der Waals surface area contributed by atoms with Gasteiger partial charge < -0.3 is 10.2 Å². The Morgan fingerprint density at radius 2 is 2.30 bits per heavy atom. The van der Waals surface area contributed by atoms with E-state index in [9.17, 15) is 0 Å². The van der Waals surface area contributed by atoms with Crippen molar-refractivity contribution in [3.05, 3.63) is 30.0 Å². The molecule has 0 saturated heterocycles. The zero-order valence-electron chi connectivity index (χ0n) is 12.1. The molecule has 3 rings (SSSR count). The summed E-state index contributed by atoms with van der Waals surface area (Å²) >= 11 is 1.74. The van der Waals surface area contributed by atoms with E-state index in [2.05, 4.69) is 47.4 Å². The van der Waals surface area contributed by atoms with E-state index in [1.165, 1.54) is 34.5 Å². The van der Waals surface area contributed by atoms with Crippen LogP contribution < -0.4 is 10.2 Å². The van der Waals surface area contributed by atoms with Crippen LogP contribution in [0.15, 0.2) is 24.4 Å². The Labute approximate surface area is 124 Å². The normalized spacial score (nSPS) is 14.2. The Bertz CT molecular complexity index is 591. The smallest absolute Gasteiger partial charge is 0.183 e. The number of anilines is 2. The average Bonchev–Trinajstić information content (AvgIpc) is 2.94. The maximum absolute atomic E-state index is 4.45. The number of fused-ring (bicyclic) bond motifs is 1. The van der Waals surface area contributed by atoms with E-state index in [0.717, 1.165) is 24.6 Å². The van der Waals surface area contributed by atoms with Crippen LogP contribution in [0.25, 0.3) is 10.4 Å². The standard InChI is InChI=1S/C16H21N3S/c1-3-8-17-16-18-11-15(20-16)13-6-7-14-12(10-13)5-4-9-19(14)2/h6-7,10-11H,3-5,8-9H2,1-2H3,(H,17,18). The molecule has 1 aromatic carbocycles. The van der Waals surface area contributed by atoms with E-state index in [-0.39, 0.29) is 0 Å². The van der Waals surface area contributed by atoms with Crippen LogP contribution in [-0.2, 0) is 6.42 Å². The topological polar surface area (TPSA) is 28.2 Å². The number of benzene rings is 1. The number of hydrogen-bond donors (Lipinski definition) is 1. The third kappa shape index (κ3) is 2.66. The minimum absolute atomic E-state index is 0.988. The number of aromatic nitrogens is 1. The summed E-state index contributed by atoms with van der Waals surface area (Å²) in [5, 5.41) is 4.38. The molecule has 4 heteroatoms. The number of thiazole rings is 1. The average molecular weight is 287 g/mol. The Hall–Kier alpha value is -1.55. The Balaban J connectivity index is 1.85. The van der Waals surface area contributed by atoms with Crippen LogP contribution in [0.2, 0.25) is 0 Å². The van der Waals surface area contributed by atoms with Crippen LogP contribution in [0.1, 0.15) is 25.3 Å². The molecule has 0 amide bonds. The summed E-state index contributed by atoms with van der Waals surface area (Å²) in [6.07, 6.45) is 5.54. The SMILES string of the molecule is CCCNc1ncc(-c2ccc3c(c2)CCCN3C)s1. The van der Waals surface area contributed by atoms with Gasteiger partial charge in [-0.25, -0.2) is 4.98 Å². The molecule has 0 unspecified atom stereocenters. The monoisotopic (exact) mass is 287 g/mol. The van der Waals surface area contributed by atoms with E-state index < -0.39 is 0 Å². The lowest BCUT2D eigenvalue weighted by atomic mass is 9.99. The molecule has 0 bridgehead atoms. The molecule has 0 fully saturated rings. The Morgan fingerprint density at radius 3 is 3.15 bits per heavy atom. The second-order valence-electron chi connectivity index (χ2n) is 5.33. The first-order valence-electron chi connectivity index (χ1n) is 7.32. The van der Waals surface area contributed by atoms with Gasteiger partial charge in [0.25, 0.3) is 0 Å². The molecule has 0 saturated carbocycles. The van der Waals surface area contributed by atoms with Gasteiger partial charge in [0, 0.05) is 32.0 Å². The minimum Gasteiger partial charge on any atom is -0.374 e. The fourth-order valence-corrected chi connectivity index (χ4v) is 3.50. The van der Waals surface area contributed by atoms with Gasteiger partial charge in [-0.3, -0.25) is 0 Å². The van der Waals surface area contributed by atoms with Gasteiger partial charge in [0.05, 0.1) is 4.88 Å². The van der Waals surface area contributed by atoms with Crippen molar-refractivity contribution in [2.45, 2.75) is 26.2 Å². The number of nitrogens with one attached hydrogen (secondary N) is 1. The molecule has 1 aliphatic heterocycles. The summed E-state index contributed by atoms with van der Waals surface area (Å²) in [6, 6.07) is 6.81. The molecule has 1 N–H and O–H groups in total. The highest BCUT2D eigenvalue weighted by atomic mass is 32.1. The van der Waals surface area contributed by atoms with Crippen LogP contribution in [0.5, 0.6) is 0 Å². The highest BCUT2D eigenvalue weighted by Crippen LogP contribution is 2.34. The fraction of sp³-hybridized carbons (Fsp3) is 0.438. The Kier molecular flexibility index (Phi) is 3.92. The maximum Gasteiger partial charge on any atom is 0.183 e. The molecule has 2 aromatic rings. The van der Waals surface area contributed by atoms with Gasteiger partial charge in [-0.2, -0.15) is 0 Å². The lowest BCUT2D eigenvalue weighted by molar-refractivity contribution is 0.745. The summed E-state index contributed by atoms with van der Waals surface area (Å²) < 4.78 is 0. The van der Waals surface area contributed by atoms with E-state index in [0.29, 0.717) is 0 Å². The lowest BCUT2D eigenvalue weighted by Gasteiger charge is -2.27. The summed E-state index contributed by atoms with van der Waals surface area (Å²) in [5.41, 5.74) is 4.14. The van der Waals surface area contributed by atoms with Gasteiger partial charge in [0.1, 0.15) is 0 Å². The molecule has 0 atom stereocenters. The molecule has 1 aliphatic rings. The van der Waals surface area contributed by atoms with Crippen molar-refractivity contribution in [3.8, 4) is 10.4 Å². The second-order valence-corrected chi connectivity index (χ2v) is 6.36. The summed E-state index contributed by atoms with van der Waals surface area (Å²) in [5.74, 6) is 0. The summed E-state index contributed by atoms with van der Waals surface area (Å²) in [7, 11) is 2.18. The third-order valence-corrected chi connectivity index (χ3v) is 4.75. The van der Waals surface area contributed by atoms with Gasteiger partial charge in [0.2, 0.25) is 0 Å². The number of rotatable bonds is 4. The van der Waals surface area contributed by atoms with Crippen LogP contribution in [0, 0.1) is 0 Å². The first-order chi connectivity index (χ1) is 9.78. The van der Waals surface area contributed by atoms with Crippen LogP contribution in [0.4, 0.5) is 10.8 Å². The largest absolute Gasteiger partial charge is 0.374 e. The third-order valence-electron chi connectivity index (χ3n) is 3.75. The fourth-order valence-electron chi connectivity index (χ4n) is 2.66. The van der Waals surface area contributed by atoms with E-state index in [1.807, 2.05) is 6.20 Å². The summed E-state index contributed by atoms with van der Waals surface area (Å²) in [4.78, 5) is 8.05. The zero-order valence-corrected chi connectivity index (χ0v) is 13.0. The van der Waals surface area contributed by atoms with Crippen LogP contribution in [0.3, 0.4) is 0 Å². The van der Waals surface area contributed by atoms with Crippen molar-refractivity contribution in [3.63, 3.8) is 0 Å². The summed E-state index contributed by atoms with van der Waals surface area (Å²) in [6.45, 7) is 4.32. The second kappa shape index (κ2) is 5.83. The van der Waals surface area contributed by atoms with Crippen molar-refractivity contribution in [2.24, 2.45) is 0 Å². The first kappa shape index (κ1) is 13.4. The maximum atomic E-state index is 4.45. The molecule has 20 heavy (non-hydrogen) atoms. The predicted molar refractivity (Wildman–Crippen MR) is 87.9 cm³/mol. The van der Waals surface area contributed by atoms with Crippen molar-refractivity contribution < 1.29 is 0 Å². The molecular formula is C16H21N3S. The van der Waals surface area contributed by atoms with Gasteiger partial charge in [-0.15, -0.1) is 0 Å². The molecular weight excluding hydrogens is 266 g/mol. The van der Waals surface area contributed by atoms with Gasteiger partial charge in [0.15, 0.2) is 5.13 Å². The minimum atomic E-state index is 0.988. The molecule has 2 heterocycles. The van der Waals surface area contributed by atoms with Crippen LogP contribution in [-0.4, -0.2) is 25.1 Å². The number of aryl methyl sites for hydroxylation is 1. The highest BCUT2D eigenvalue weighted by Gasteiger charge is 2.14. The highest BCUT2D eigenvalue weighted by molar-refractivity contribution is 7.18. The van der Waals surface area contributed by atoms with Crippen molar-refractivity contribution >= 4 is 22.2 Å². The first-order valence-corrected chi connectivity index (χ1v) is 8.13. The van der Waals surface area contributed by atoms with Crippen molar-refractivity contribution in [1.29, 1.82) is 0 Å². The van der Waals surface area contributed by atoms with E-state index in [4.69, 9.17) is 0 Å². The number of hydrogen-bond acceptors (Lipinski definition) is 4. The van der Waals surface area contributed by atoms with Crippen LogP contribution >= 0.6 is 11.3 Å². The van der Waals surface area contributed by atoms with E-state index in [1.54, 1.807) is 11.3 Å². The van der Waals surface area contributed by atoms with Gasteiger partial charge in [-0.05, 0) is 42.5 Å². The quantitative estimate of drug-likeness (QED) is 0.920. The number of nitrogens with zero attached hydrogens (tertiary/aromatic N) is 2. The van der Waals surface area contributed by atoms with Gasteiger partial charge >= 0.3 is 0 Å². The molecule has 0 aliphatic carbocycles. The van der Waals surface area contributed by atoms with Crippen molar-refractivity contribution in [2.75, 3.05) is 30.4 Å². The molecule has 0 radical (unpaired) electrons. The zero-order chi connectivity index (χ0) is 13.9.